The second-order valence-electron chi connectivity index (χ2n) is 5.52. The van der Waals surface area contributed by atoms with E-state index in [-0.39, 0.29) is 0 Å². The Hall–Kier alpha value is -2.22. The lowest BCUT2D eigenvalue weighted by Crippen LogP contribution is -2.35. The van der Waals surface area contributed by atoms with Gasteiger partial charge in [-0.05, 0) is 45.4 Å². The molecule has 0 aliphatic carbocycles. The third-order valence-corrected chi connectivity index (χ3v) is 2.40. The van der Waals surface area contributed by atoms with E-state index < -0.39 is 11.7 Å². The molecule has 2 N–H and O–H groups in total. The maximum atomic E-state index is 11.4. The van der Waals surface area contributed by atoms with Crippen molar-refractivity contribution >= 4 is 11.8 Å². The lowest BCUT2D eigenvalue weighted by molar-refractivity contribution is 0.0530. The van der Waals surface area contributed by atoms with Crippen molar-refractivity contribution in [3.63, 3.8) is 0 Å². The van der Waals surface area contributed by atoms with Gasteiger partial charge in [-0.2, -0.15) is 5.26 Å². The van der Waals surface area contributed by atoms with Gasteiger partial charge in [-0.15, -0.1) is 0 Å². The van der Waals surface area contributed by atoms with Gasteiger partial charge in [-0.3, -0.25) is 0 Å². The average Bonchev–Trinajstić information content (AvgIpc) is 2.33. The molecule has 0 unspecified atom stereocenters. The molecular formula is C15H21N3O2. The Kier molecular flexibility index (Phi) is 5.39. The van der Waals surface area contributed by atoms with Crippen LogP contribution in [0.3, 0.4) is 0 Å². The number of rotatable bonds is 4. The van der Waals surface area contributed by atoms with Crippen LogP contribution in [0.15, 0.2) is 18.2 Å². The first-order valence-electron chi connectivity index (χ1n) is 6.53. The van der Waals surface area contributed by atoms with E-state index in [1.54, 1.807) is 0 Å². The molecule has 5 nitrogen and oxygen atoms in total. The third-order valence-electron chi connectivity index (χ3n) is 2.40. The fourth-order valence-electron chi connectivity index (χ4n) is 1.58. The van der Waals surface area contributed by atoms with Crippen molar-refractivity contribution in [1.82, 2.24) is 5.32 Å². The van der Waals surface area contributed by atoms with Gasteiger partial charge in [0.2, 0.25) is 0 Å². The quantitative estimate of drug-likeness (QED) is 0.829. The summed E-state index contributed by atoms with van der Waals surface area (Å²) in [5, 5.41) is 14.8. The first kappa shape index (κ1) is 15.8. The van der Waals surface area contributed by atoms with Crippen molar-refractivity contribution in [2.45, 2.75) is 33.3 Å². The molecule has 1 rings (SSSR count). The number of amides is 1. The first-order chi connectivity index (χ1) is 9.31. The predicted octanol–water partition coefficient (Wildman–Crippen LogP) is 2.80. The van der Waals surface area contributed by atoms with E-state index in [2.05, 4.69) is 16.7 Å². The summed E-state index contributed by atoms with van der Waals surface area (Å²) < 4.78 is 5.12. The van der Waals surface area contributed by atoms with Crippen LogP contribution in [0.4, 0.5) is 10.5 Å². The van der Waals surface area contributed by atoms with Crippen LogP contribution in [0.25, 0.3) is 0 Å². The van der Waals surface area contributed by atoms with Crippen LogP contribution in [-0.2, 0) is 4.74 Å². The van der Waals surface area contributed by atoms with Crippen molar-refractivity contribution in [3.05, 3.63) is 29.3 Å². The zero-order valence-corrected chi connectivity index (χ0v) is 12.4. The molecule has 0 spiro atoms. The molecule has 0 aliphatic heterocycles. The molecule has 0 saturated carbocycles. The maximum Gasteiger partial charge on any atom is 0.407 e. The molecule has 0 saturated heterocycles. The Morgan fingerprint density at radius 3 is 2.65 bits per heavy atom. The topological polar surface area (TPSA) is 74.2 Å². The molecule has 108 valence electrons. The van der Waals surface area contributed by atoms with E-state index in [4.69, 9.17) is 10.00 Å². The SMILES string of the molecule is Cc1ccc(NCCNC(=O)OC(C)(C)C)c(C#N)c1. The highest BCUT2D eigenvalue weighted by Crippen LogP contribution is 2.15. The summed E-state index contributed by atoms with van der Waals surface area (Å²) in [6, 6.07) is 7.76. The highest BCUT2D eigenvalue weighted by atomic mass is 16.6. The lowest BCUT2D eigenvalue weighted by atomic mass is 10.1. The number of carbonyl (C=O) groups is 1. The molecule has 0 atom stereocenters. The van der Waals surface area contributed by atoms with E-state index in [1.807, 2.05) is 45.9 Å². The number of nitrogens with one attached hydrogen (secondary N) is 2. The summed E-state index contributed by atoms with van der Waals surface area (Å²) >= 11 is 0. The van der Waals surface area contributed by atoms with Crippen molar-refractivity contribution < 1.29 is 9.53 Å². The molecule has 1 aromatic rings. The van der Waals surface area contributed by atoms with Gasteiger partial charge in [0.15, 0.2) is 0 Å². The number of nitriles is 1. The van der Waals surface area contributed by atoms with Gasteiger partial charge >= 0.3 is 6.09 Å². The summed E-state index contributed by atoms with van der Waals surface area (Å²) in [4.78, 5) is 11.4. The highest BCUT2D eigenvalue weighted by molar-refractivity contribution is 5.67. The number of alkyl carbamates (subject to hydrolysis) is 1. The van der Waals surface area contributed by atoms with Crippen LogP contribution < -0.4 is 10.6 Å². The first-order valence-corrected chi connectivity index (χ1v) is 6.53. The fraction of sp³-hybridized carbons (Fsp3) is 0.467. The Morgan fingerprint density at radius 1 is 1.35 bits per heavy atom. The number of carbonyl (C=O) groups excluding carboxylic acids is 1. The molecule has 5 heteroatoms. The van der Waals surface area contributed by atoms with Crippen LogP contribution in [0.2, 0.25) is 0 Å². The molecule has 20 heavy (non-hydrogen) atoms. The number of hydrogen-bond acceptors (Lipinski definition) is 4. The van der Waals surface area contributed by atoms with Gasteiger partial charge in [0.25, 0.3) is 0 Å². The minimum atomic E-state index is -0.498. The van der Waals surface area contributed by atoms with Crippen molar-refractivity contribution in [2.75, 3.05) is 18.4 Å². The molecule has 0 fully saturated rings. The zero-order valence-electron chi connectivity index (χ0n) is 12.4. The molecule has 0 bridgehead atoms. The second kappa shape index (κ2) is 6.80. The average molecular weight is 275 g/mol. The fourth-order valence-corrected chi connectivity index (χ4v) is 1.58. The lowest BCUT2D eigenvalue weighted by Gasteiger charge is -2.19. The highest BCUT2D eigenvalue weighted by Gasteiger charge is 2.15. The van der Waals surface area contributed by atoms with Crippen LogP contribution in [-0.4, -0.2) is 24.8 Å². The summed E-state index contributed by atoms with van der Waals surface area (Å²) in [5.41, 5.74) is 1.91. The van der Waals surface area contributed by atoms with E-state index in [1.165, 1.54) is 0 Å². The van der Waals surface area contributed by atoms with Gasteiger partial charge < -0.3 is 15.4 Å². The van der Waals surface area contributed by atoms with Gasteiger partial charge in [0.1, 0.15) is 11.7 Å². The Bertz CT molecular complexity index is 513. The number of benzene rings is 1. The Morgan fingerprint density at radius 2 is 2.05 bits per heavy atom. The molecule has 0 aliphatic rings. The minimum Gasteiger partial charge on any atom is -0.444 e. The van der Waals surface area contributed by atoms with E-state index in [9.17, 15) is 4.79 Å². The van der Waals surface area contributed by atoms with Gasteiger partial charge in [0, 0.05) is 13.1 Å². The van der Waals surface area contributed by atoms with E-state index >= 15 is 0 Å². The smallest absolute Gasteiger partial charge is 0.407 e. The standard InChI is InChI=1S/C15H21N3O2/c1-11-5-6-13(12(9-11)10-16)17-7-8-18-14(19)20-15(2,3)4/h5-6,9,17H,7-8H2,1-4H3,(H,18,19). The zero-order chi connectivity index (χ0) is 15.2. The van der Waals surface area contributed by atoms with Crippen LogP contribution in [0.1, 0.15) is 31.9 Å². The van der Waals surface area contributed by atoms with Gasteiger partial charge in [-0.1, -0.05) is 6.07 Å². The predicted molar refractivity (Wildman–Crippen MR) is 78.6 cm³/mol. The largest absolute Gasteiger partial charge is 0.444 e. The van der Waals surface area contributed by atoms with Crippen LogP contribution >= 0.6 is 0 Å². The third kappa shape index (κ3) is 5.61. The second-order valence-corrected chi connectivity index (χ2v) is 5.52. The monoisotopic (exact) mass is 275 g/mol. The van der Waals surface area contributed by atoms with Gasteiger partial charge in [-0.25, -0.2) is 4.79 Å². The Labute approximate surface area is 119 Å². The maximum absolute atomic E-state index is 11.4. The molecule has 0 radical (unpaired) electrons. The van der Waals surface area contributed by atoms with Crippen molar-refractivity contribution in [3.8, 4) is 6.07 Å². The number of hydrogen-bond donors (Lipinski definition) is 2. The Balaban J connectivity index is 2.39. The van der Waals surface area contributed by atoms with Crippen LogP contribution in [0.5, 0.6) is 0 Å². The molecule has 1 aromatic carbocycles. The van der Waals surface area contributed by atoms with E-state index in [0.717, 1.165) is 11.3 Å². The van der Waals surface area contributed by atoms with Gasteiger partial charge in [0.05, 0.1) is 11.3 Å². The van der Waals surface area contributed by atoms with Crippen molar-refractivity contribution in [2.24, 2.45) is 0 Å². The molecule has 1 amide bonds. The minimum absolute atomic E-state index is 0.424. The van der Waals surface area contributed by atoms with E-state index in [0.29, 0.717) is 18.7 Å². The van der Waals surface area contributed by atoms with Crippen LogP contribution in [0, 0.1) is 18.3 Å². The number of aryl methyl sites for hydroxylation is 1. The molecule has 0 aromatic heterocycles. The molecule has 0 heterocycles. The summed E-state index contributed by atoms with van der Waals surface area (Å²) in [7, 11) is 0. The van der Waals surface area contributed by atoms with Crippen molar-refractivity contribution in [1.29, 1.82) is 5.26 Å². The normalized spacial score (nSPS) is 10.6. The summed E-state index contributed by atoms with van der Waals surface area (Å²) in [5.74, 6) is 0. The number of ether oxygens (including phenoxy) is 1. The number of nitrogens with zero attached hydrogens (tertiary/aromatic N) is 1. The summed E-state index contributed by atoms with van der Waals surface area (Å²) in [6.07, 6.45) is -0.441. The number of anilines is 1. The molecular weight excluding hydrogens is 254 g/mol. The summed E-state index contributed by atoms with van der Waals surface area (Å²) in [6.45, 7) is 8.34.